The lowest BCUT2D eigenvalue weighted by atomic mass is 10.4. The largest absolute Gasteiger partial charge is 0.506 e. The molecule has 0 aliphatic carbocycles. The van der Waals surface area contributed by atoms with Gasteiger partial charge in [0.2, 0.25) is 0 Å². The molecular formula is C7H8O7. The minimum atomic E-state index is -1.57. The second kappa shape index (κ2) is 6.42. The molecule has 2 N–H and O–H groups in total. The van der Waals surface area contributed by atoms with E-state index in [0.717, 1.165) is 0 Å². The summed E-state index contributed by atoms with van der Waals surface area (Å²) in [4.78, 5) is 20.0. The van der Waals surface area contributed by atoms with Crippen molar-refractivity contribution in [1.82, 2.24) is 0 Å². The number of ether oxygens (including phenoxy) is 3. The Morgan fingerprint density at radius 3 is 2.36 bits per heavy atom. The molecule has 0 saturated carbocycles. The molecule has 0 saturated heterocycles. The minimum absolute atomic E-state index is 0.268. The number of carbonyl (C=O) groups is 2. The van der Waals surface area contributed by atoms with Crippen LogP contribution in [0.5, 0.6) is 0 Å². The van der Waals surface area contributed by atoms with Crippen LogP contribution in [0, 0.1) is 12.5 Å². The third kappa shape index (κ3) is 6.60. The predicted molar refractivity (Wildman–Crippen MR) is 41.7 cm³/mol. The molecule has 7 nitrogen and oxygen atoms in total. The highest BCUT2D eigenvalue weighted by Gasteiger charge is 2.16. The Hall–Kier alpha value is -2.10. The van der Waals surface area contributed by atoms with E-state index in [2.05, 4.69) is 14.2 Å². The summed E-state index contributed by atoms with van der Waals surface area (Å²) >= 11 is 0. The van der Waals surface area contributed by atoms with E-state index < -0.39 is 25.0 Å². The van der Waals surface area contributed by atoms with Crippen LogP contribution in [-0.2, 0) is 14.2 Å². The van der Waals surface area contributed by atoms with Crippen molar-refractivity contribution in [1.29, 1.82) is 0 Å². The Morgan fingerprint density at radius 1 is 1.29 bits per heavy atom. The molecule has 78 valence electrons. The lowest BCUT2D eigenvalue weighted by Gasteiger charge is -2.13. The third-order valence-corrected chi connectivity index (χ3v) is 1.01. The fraction of sp³-hybridized carbons (Fsp3) is 0.429. The summed E-state index contributed by atoms with van der Waals surface area (Å²) in [7, 11) is 0. The molecule has 0 amide bonds. The first kappa shape index (κ1) is 11.9. The molecule has 0 bridgehead atoms. The molecule has 1 atom stereocenters. The fourth-order valence-corrected chi connectivity index (χ4v) is 0.564. The second-order valence-electron chi connectivity index (χ2n) is 2.01. The van der Waals surface area contributed by atoms with E-state index >= 15 is 0 Å². The van der Waals surface area contributed by atoms with Crippen LogP contribution in [0.2, 0.25) is 0 Å². The molecular weight excluding hydrogens is 196 g/mol. The fourth-order valence-electron chi connectivity index (χ4n) is 0.564. The van der Waals surface area contributed by atoms with Crippen LogP contribution in [0.4, 0.5) is 9.59 Å². The van der Waals surface area contributed by atoms with Gasteiger partial charge in [-0.15, -0.1) is 0 Å². The van der Waals surface area contributed by atoms with Gasteiger partial charge in [0, 0.05) is 0 Å². The molecule has 1 unspecified atom stereocenters. The van der Waals surface area contributed by atoms with Gasteiger partial charge in [0.1, 0.15) is 19.3 Å². The molecule has 0 rings (SSSR count). The molecule has 0 aromatic carbocycles. The average Bonchev–Trinajstić information content (AvgIpc) is 2.09. The van der Waals surface area contributed by atoms with Crippen molar-refractivity contribution >= 4 is 12.3 Å². The van der Waals surface area contributed by atoms with E-state index in [9.17, 15) is 9.59 Å². The molecule has 0 fully saturated rings. The van der Waals surface area contributed by atoms with Crippen LogP contribution >= 0.6 is 0 Å². The topological polar surface area (TPSA) is 102 Å². The molecule has 0 radical (unpaired) electrons. The number of hydrogen-bond donors (Lipinski definition) is 2. The minimum Gasteiger partial charge on any atom is -0.450 e. The number of hydrogen-bond acceptors (Lipinski definition) is 5. The number of rotatable bonds is 5. The van der Waals surface area contributed by atoms with Gasteiger partial charge in [-0.2, -0.15) is 0 Å². The number of terminal acetylenes is 1. The van der Waals surface area contributed by atoms with E-state index in [1.54, 1.807) is 6.11 Å². The van der Waals surface area contributed by atoms with Crippen molar-refractivity contribution in [3.8, 4) is 12.5 Å². The molecule has 0 heterocycles. The van der Waals surface area contributed by atoms with E-state index in [4.69, 9.17) is 16.6 Å². The van der Waals surface area contributed by atoms with Crippen molar-refractivity contribution in [2.24, 2.45) is 0 Å². The normalized spacial score (nSPS) is 10.8. The smallest absolute Gasteiger partial charge is 0.450 e. The molecule has 14 heavy (non-hydrogen) atoms. The van der Waals surface area contributed by atoms with Gasteiger partial charge in [-0.25, -0.2) is 9.59 Å². The Balaban J connectivity index is 3.91. The van der Waals surface area contributed by atoms with E-state index in [0.29, 0.717) is 0 Å². The quantitative estimate of drug-likeness (QED) is 0.492. The highest BCUT2D eigenvalue weighted by molar-refractivity contribution is 5.58. The maximum absolute atomic E-state index is 10.1. The summed E-state index contributed by atoms with van der Waals surface area (Å²) < 4.78 is 12.7. The summed E-state index contributed by atoms with van der Waals surface area (Å²) in [6.45, 7) is -0.737. The average molecular weight is 204 g/mol. The van der Waals surface area contributed by atoms with Crippen LogP contribution in [0.3, 0.4) is 0 Å². The van der Waals surface area contributed by atoms with E-state index in [1.165, 1.54) is 0 Å². The zero-order valence-corrected chi connectivity index (χ0v) is 7.00. The summed E-state index contributed by atoms with van der Waals surface area (Å²) in [6.07, 6.45) is 2.34. The van der Waals surface area contributed by atoms with Crippen molar-refractivity contribution in [2.75, 3.05) is 13.2 Å². The monoisotopic (exact) mass is 204 g/mol. The molecule has 0 aromatic heterocycles. The summed E-state index contributed by atoms with van der Waals surface area (Å²) in [5, 5.41) is 16.3. The first-order chi connectivity index (χ1) is 6.56. The SMILES string of the molecule is C#COCC(COC(=O)O)OC(=O)O. The van der Waals surface area contributed by atoms with Crippen LogP contribution < -0.4 is 0 Å². The third-order valence-electron chi connectivity index (χ3n) is 1.01. The lowest BCUT2D eigenvalue weighted by Crippen LogP contribution is -2.28. The van der Waals surface area contributed by atoms with Gasteiger partial charge in [0.25, 0.3) is 0 Å². The van der Waals surface area contributed by atoms with Crippen LogP contribution in [0.15, 0.2) is 0 Å². The van der Waals surface area contributed by atoms with Crippen molar-refractivity contribution < 1.29 is 34.0 Å². The molecule has 0 aliphatic rings. The molecule has 7 heteroatoms. The first-order valence-corrected chi connectivity index (χ1v) is 3.39. The van der Waals surface area contributed by atoms with Gasteiger partial charge in [-0.1, -0.05) is 6.42 Å². The predicted octanol–water partition coefficient (Wildman–Crippen LogP) is 0.352. The van der Waals surface area contributed by atoms with Gasteiger partial charge in [-0.05, 0) is 0 Å². The lowest BCUT2D eigenvalue weighted by molar-refractivity contribution is -0.0169. The van der Waals surface area contributed by atoms with E-state index in [1.807, 2.05) is 0 Å². The highest BCUT2D eigenvalue weighted by Crippen LogP contribution is 1.96. The highest BCUT2D eigenvalue weighted by atomic mass is 16.7. The summed E-state index contributed by atoms with van der Waals surface area (Å²) in [6, 6.07) is 0. The summed E-state index contributed by atoms with van der Waals surface area (Å²) in [5.41, 5.74) is 0. The van der Waals surface area contributed by atoms with Gasteiger partial charge >= 0.3 is 12.3 Å². The van der Waals surface area contributed by atoms with Gasteiger partial charge in [0.05, 0.1) is 0 Å². The van der Waals surface area contributed by atoms with Gasteiger partial charge in [-0.3, -0.25) is 0 Å². The van der Waals surface area contributed by atoms with Crippen LogP contribution in [0.25, 0.3) is 0 Å². The van der Waals surface area contributed by atoms with Gasteiger partial charge in [0.15, 0.2) is 6.10 Å². The molecule has 0 aromatic rings. The second-order valence-corrected chi connectivity index (χ2v) is 2.01. The number of carboxylic acid groups (broad SMARTS) is 2. The summed E-state index contributed by atoms with van der Waals surface area (Å²) in [5.74, 6) is 0. The van der Waals surface area contributed by atoms with Crippen molar-refractivity contribution in [2.45, 2.75) is 6.10 Å². The Kier molecular flexibility index (Phi) is 5.46. The van der Waals surface area contributed by atoms with Gasteiger partial charge < -0.3 is 24.4 Å². The Morgan fingerprint density at radius 2 is 1.93 bits per heavy atom. The maximum Gasteiger partial charge on any atom is 0.506 e. The Labute approximate surface area is 79.2 Å². The Bertz CT molecular complexity index is 241. The zero-order valence-electron chi connectivity index (χ0n) is 7.00. The first-order valence-electron chi connectivity index (χ1n) is 3.39. The van der Waals surface area contributed by atoms with Crippen molar-refractivity contribution in [3.05, 3.63) is 0 Å². The van der Waals surface area contributed by atoms with Crippen LogP contribution in [0.1, 0.15) is 0 Å². The van der Waals surface area contributed by atoms with Crippen molar-refractivity contribution in [3.63, 3.8) is 0 Å². The molecule has 0 aliphatic heterocycles. The molecule has 0 spiro atoms. The maximum atomic E-state index is 10.1. The van der Waals surface area contributed by atoms with E-state index in [-0.39, 0.29) is 6.61 Å². The standard InChI is InChI=1S/C7H8O7/c1-2-12-3-5(14-7(10)11)4-13-6(8)9/h1,5H,3-4H2,(H,8,9)(H,10,11). The zero-order chi connectivity index (χ0) is 11.0. The van der Waals surface area contributed by atoms with Crippen LogP contribution in [-0.4, -0.2) is 41.8 Å².